The number of aromatic nitrogens is 3. The fourth-order valence-electron chi connectivity index (χ4n) is 11.0. The first-order chi connectivity index (χ1) is 26.1. The number of rotatable bonds is 5. The van der Waals surface area contributed by atoms with Gasteiger partial charge < -0.3 is 0 Å². The lowest BCUT2D eigenvalue weighted by Crippen LogP contribution is -2.55. The van der Waals surface area contributed by atoms with Gasteiger partial charge in [-0.15, -0.1) is 0 Å². The summed E-state index contributed by atoms with van der Waals surface area (Å²) in [6, 6.07) is 51.9. The zero-order chi connectivity index (χ0) is 35.1. The van der Waals surface area contributed by atoms with Crippen LogP contribution >= 0.6 is 11.6 Å². The third-order valence-corrected chi connectivity index (χ3v) is 13.2. The minimum absolute atomic E-state index is 0.0257. The van der Waals surface area contributed by atoms with E-state index in [1.54, 1.807) is 0 Å². The van der Waals surface area contributed by atoms with Crippen LogP contribution in [0, 0.1) is 23.7 Å². The van der Waals surface area contributed by atoms with E-state index in [9.17, 15) is 0 Å². The van der Waals surface area contributed by atoms with Crippen molar-refractivity contribution in [2.75, 3.05) is 0 Å². The maximum atomic E-state index is 6.71. The van der Waals surface area contributed by atoms with E-state index < -0.39 is 0 Å². The van der Waals surface area contributed by atoms with Crippen molar-refractivity contribution in [2.24, 2.45) is 23.7 Å². The number of nitrogens with zero attached hydrogens (tertiary/aromatic N) is 3. The highest BCUT2D eigenvalue weighted by Crippen LogP contribution is 2.69. The minimum atomic E-state index is 0.0257. The molecule has 6 aromatic carbocycles. The van der Waals surface area contributed by atoms with Gasteiger partial charge in [-0.3, -0.25) is 0 Å². The Kier molecular flexibility index (Phi) is 7.11. The molecule has 5 aliphatic carbocycles. The van der Waals surface area contributed by atoms with Gasteiger partial charge >= 0.3 is 0 Å². The Balaban J connectivity index is 1.06. The Hall–Kier alpha value is -5.38. The van der Waals surface area contributed by atoms with Gasteiger partial charge in [0.2, 0.25) is 0 Å². The smallest absolute Gasteiger partial charge is 0.164 e. The Morgan fingerprint density at radius 1 is 0.396 bits per heavy atom. The Bertz CT molecular complexity index is 2380. The fourth-order valence-corrected chi connectivity index (χ4v) is 11.1. The van der Waals surface area contributed by atoms with Crippen molar-refractivity contribution in [1.82, 2.24) is 15.0 Å². The molecule has 0 amide bonds. The van der Waals surface area contributed by atoms with Gasteiger partial charge in [0.05, 0.1) is 0 Å². The summed E-state index contributed by atoms with van der Waals surface area (Å²) >= 11 is 6.71. The van der Waals surface area contributed by atoms with E-state index >= 15 is 0 Å². The molecule has 0 unspecified atom stereocenters. The van der Waals surface area contributed by atoms with Gasteiger partial charge in [0.15, 0.2) is 17.5 Å². The third kappa shape index (κ3) is 4.97. The van der Waals surface area contributed by atoms with Crippen LogP contribution in [0.1, 0.15) is 43.2 Å². The van der Waals surface area contributed by atoms with Crippen LogP contribution in [0.2, 0.25) is 5.02 Å². The topological polar surface area (TPSA) is 38.7 Å². The Morgan fingerprint density at radius 3 is 1.38 bits per heavy atom. The predicted octanol–water partition coefficient (Wildman–Crippen LogP) is 12.6. The van der Waals surface area contributed by atoms with E-state index in [2.05, 4.69) is 146 Å². The van der Waals surface area contributed by atoms with Crippen molar-refractivity contribution < 1.29 is 0 Å². The van der Waals surface area contributed by atoms with Gasteiger partial charge in [-0.25, -0.2) is 15.0 Å². The molecule has 1 spiro atoms. The summed E-state index contributed by atoms with van der Waals surface area (Å²) in [7, 11) is 0. The standard InChI is InChI=1S/C49H38ClN3/c50-41-20-22-44-43(29-41)42-21-19-38(28-45(42)49(44)39-24-30-23-31(26-39)27-40(49)25-30)48-52-46(36-15-11-34(12-16-36)32-7-3-1-4-8-32)51-47(53-48)37-17-13-35(14-18-37)33-9-5-2-6-10-33/h1-22,28-31,39-40H,23-27H2. The highest BCUT2D eigenvalue weighted by atomic mass is 35.5. The average Bonchev–Trinajstić information content (AvgIpc) is 3.49. The molecule has 7 aromatic rings. The normalized spacial score (nSPS) is 23.3. The summed E-state index contributed by atoms with van der Waals surface area (Å²) in [5.41, 5.74) is 13.3. The molecule has 0 atom stereocenters. The molecule has 3 nitrogen and oxygen atoms in total. The molecule has 4 heteroatoms. The van der Waals surface area contributed by atoms with Crippen LogP contribution in [0.25, 0.3) is 67.5 Å². The monoisotopic (exact) mass is 703 g/mol. The SMILES string of the molecule is Clc1ccc2c(c1)-c1ccc(-c3nc(-c4ccc(-c5ccccc5)cc4)nc(-c4ccc(-c5ccccc5)cc4)n3)cc1C21C2CC3CC(C2)CC1C3. The van der Waals surface area contributed by atoms with Crippen LogP contribution in [-0.4, -0.2) is 15.0 Å². The van der Waals surface area contributed by atoms with Crippen molar-refractivity contribution in [2.45, 2.75) is 37.5 Å². The van der Waals surface area contributed by atoms with Gasteiger partial charge in [0.1, 0.15) is 0 Å². The van der Waals surface area contributed by atoms with Crippen LogP contribution in [0.3, 0.4) is 0 Å². The quantitative estimate of drug-likeness (QED) is 0.179. The summed E-state index contributed by atoms with van der Waals surface area (Å²) in [5.74, 6) is 5.13. The fraction of sp³-hybridized carbons (Fsp3) is 0.204. The van der Waals surface area contributed by atoms with Crippen molar-refractivity contribution in [3.05, 3.63) is 162 Å². The summed E-state index contributed by atoms with van der Waals surface area (Å²) in [4.78, 5) is 15.6. The van der Waals surface area contributed by atoms with Crippen molar-refractivity contribution in [3.63, 3.8) is 0 Å². The molecule has 4 saturated carbocycles. The molecule has 5 aliphatic rings. The zero-order valence-corrected chi connectivity index (χ0v) is 30.2. The molecular formula is C49H38ClN3. The molecule has 4 bridgehead atoms. The van der Waals surface area contributed by atoms with E-state index in [1.165, 1.54) is 76.6 Å². The Labute approximate surface area is 315 Å². The van der Waals surface area contributed by atoms with E-state index in [0.29, 0.717) is 29.3 Å². The number of hydrogen-bond acceptors (Lipinski definition) is 3. The largest absolute Gasteiger partial charge is 0.208 e. The average molecular weight is 704 g/mol. The van der Waals surface area contributed by atoms with Crippen LogP contribution < -0.4 is 0 Å². The van der Waals surface area contributed by atoms with Crippen LogP contribution in [-0.2, 0) is 5.41 Å². The van der Waals surface area contributed by atoms with Crippen molar-refractivity contribution in [3.8, 4) is 67.5 Å². The maximum Gasteiger partial charge on any atom is 0.164 e. The van der Waals surface area contributed by atoms with Gasteiger partial charge in [-0.2, -0.15) is 0 Å². The number of benzene rings is 6. The second kappa shape index (κ2) is 12.1. The summed E-state index contributed by atoms with van der Waals surface area (Å²) in [5, 5.41) is 0.808. The molecule has 1 aromatic heterocycles. The first-order valence-corrected chi connectivity index (χ1v) is 19.5. The number of halogens is 1. The molecule has 4 fully saturated rings. The molecule has 0 radical (unpaired) electrons. The lowest BCUT2D eigenvalue weighted by Gasteiger charge is -2.61. The van der Waals surface area contributed by atoms with E-state index in [4.69, 9.17) is 26.6 Å². The van der Waals surface area contributed by atoms with E-state index in [-0.39, 0.29) is 5.41 Å². The van der Waals surface area contributed by atoms with Gasteiger partial charge in [0, 0.05) is 27.1 Å². The van der Waals surface area contributed by atoms with Crippen LogP contribution in [0.4, 0.5) is 0 Å². The van der Waals surface area contributed by atoms with Crippen LogP contribution in [0.5, 0.6) is 0 Å². The third-order valence-electron chi connectivity index (χ3n) is 13.0. The summed E-state index contributed by atoms with van der Waals surface area (Å²) < 4.78 is 0. The lowest BCUT2D eigenvalue weighted by atomic mass is 9.43. The van der Waals surface area contributed by atoms with Crippen molar-refractivity contribution in [1.29, 1.82) is 0 Å². The highest BCUT2D eigenvalue weighted by Gasteiger charge is 2.61. The first kappa shape index (κ1) is 31.2. The van der Waals surface area contributed by atoms with Gasteiger partial charge in [-0.1, -0.05) is 139 Å². The molecule has 256 valence electrons. The van der Waals surface area contributed by atoms with Crippen molar-refractivity contribution >= 4 is 11.6 Å². The molecule has 0 saturated heterocycles. The lowest BCUT2D eigenvalue weighted by molar-refractivity contribution is -0.0399. The molecule has 1 heterocycles. The van der Waals surface area contributed by atoms with Gasteiger partial charge in [-0.05, 0) is 118 Å². The maximum absolute atomic E-state index is 6.71. The second-order valence-electron chi connectivity index (χ2n) is 15.8. The predicted molar refractivity (Wildman–Crippen MR) is 215 cm³/mol. The van der Waals surface area contributed by atoms with E-state index in [1.807, 2.05) is 0 Å². The number of hydrogen-bond donors (Lipinski definition) is 0. The van der Waals surface area contributed by atoms with Gasteiger partial charge in [0.25, 0.3) is 0 Å². The summed E-state index contributed by atoms with van der Waals surface area (Å²) in [6.45, 7) is 0. The number of fused-ring (bicyclic) bond motifs is 3. The zero-order valence-electron chi connectivity index (χ0n) is 29.4. The Morgan fingerprint density at radius 2 is 0.849 bits per heavy atom. The summed E-state index contributed by atoms with van der Waals surface area (Å²) in [6.07, 6.45) is 6.75. The second-order valence-corrected chi connectivity index (χ2v) is 16.3. The van der Waals surface area contributed by atoms with E-state index in [0.717, 1.165) is 33.5 Å². The molecule has 53 heavy (non-hydrogen) atoms. The van der Waals surface area contributed by atoms with Crippen LogP contribution in [0.15, 0.2) is 146 Å². The minimum Gasteiger partial charge on any atom is -0.208 e. The first-order valence-electron chi connectivity index (χ1n) is 19.1. The molecule has 0 aliphatic heterocycles. The molecule has 0 N–H and O–H groups in total. The molecule has 12 rings (SSSR count). The highest BCUT2D eigenvalue weighted by molar-refractivity contribution is 6.31. The molecular weight excluding hydrogens is 666 g/mol.